The molecule has 0 atom stereocenters. The zero-order valence-corrected chi connectivity index (χ0v) is 15.3. The molecule has 7 nitrogen and oxygen atoms in total. The summed E-state index contributed by atoms with van der Waals surface area (Å²) in [4.78, 5) is 35.2. The Kier molecular flexibility index (Phi) is 5.40. The Labute approximate surface area is 148 Å². The standard InChI is InChI=1S/C15H21N5O2S2/c1-2-6-20-13(22)11-12(18-15(20)23-9-10(16)21)17-14(24-11)19-7-4-3-5-8-19/h2-9H2,1H3,(H2,16,21). The number of hydrogen-bond acceptors (Lipinski definition) is 7. The summed E-state index contributed by atoms with van der Waals surface area (Å²) in [6.07, 6.45) is 4.37. The van der Waals surface area contributed by atoms with Crippen LogP contribution in [0.25, 0.3) is 10.3 Å². The lowest BCUT2D eigenvalue weighted by atomic mass is 10.1. The molecule has 0 aromatic carbocycles. The van der Waals surface area contributed by atoms with Gasteiger partial charge in [-0.05, 0) is 25.7 Å². The molecule has 0 unspecified atom stereocenters. The summed E-state index contributed by atoms with van der Waals surface area (Å²) < 4.78 is 2.22. The quantitative estimate of drug-likeness (QED) is 0.618. The number of primary amides is 1. The highest BCUT2D eigenvalue weighted by molar-refractivity contribution is 7.99. The zero-order chi connectivity index (χ0) is 17.1. The van der Waals surface area contributed by atoms with Gasteiger partial charge in [-0.15, -0.1) is 0 Å². The molecule has 2 aromatic rings. The number of hydrogen-bond donors (Lipinski definition) is 1. The number of thiazole rings is 1. The van der Waals surface area contributed by atoms with Gasteiger partial charge in [0.25, 0.3) is 5.56 Å². The average molecular weight is 368 g/mol. The van der Waals surface area contributed by atoms with Crippen molar-refractivity contribution in [3.05, 3.63) is 10.4 Å². The minimum Gasteiger partial charge on any atom is -0.369 e. The van der Waals surface area contributed by atoms with E-state index in [1.807, 2.05) is 6.92 Å². The molecule has 1 aliphatic heterocycles. The molecule has 24 heavy (non-hydrogen) atoms. The van der Waals surface area contributed by atoms with Crippen LogP contribution in [0.15, 0.2) is 9.95 Å². The number of amides is 1. The highest BCUT2D eigenvalue weighted by Gasteiger charge is 2.20. The third-order valence-corrected chi connectivity index (χ3v) is 5.98. The van der Waals surface area contributed by atoms with Crippen molar-refractivity contribution in [3.63, 3.8) is 0 Å². The van der Waals surface area contributed by atoms with Gasteiger partial charge in [0.15, 0.2) is 15.9 Å². The highest BCUT2D eigenvalue weighted by Crippen LogP contribution is 2.29. The maximum absolute atomic E-state index is 12.8. The zero-order valence-electron chi connectivity index (χ0n) is 13.7. The van der Waals surface area contributed by atoms with Gasteiger partial charge in [-0.25, -0.2) is 4.98 Å². The Morgan fingerprint density at radius 3 is 2.71 bits per heavy atom. The fraction of sp³-hybridized carbons (Fsp3) is 0.600. The largest absolute Gasteiger partial charge is 0.369 e. The number of thioether (sulfide) groups is 1. The summed E-state index contributed by atoms with van der Waals surface area (Å²) in [5, 5.41) is 1.39. The monoisotopic (exact) mass is 367 g/mol. The van der Waals surface area contributed by atoms with Crippen molar-refractivity contribution in [2.75, 3.05) is 23.7 Å². The molecule has 0 bridgehead atoms. The summed E-state index contributed by atoms with van der Waals surface area (Å²) in [5.41, 5.74) is 5.62. The number of carbonyl (C=O) groups excluding carboxylic acids is 1. The molecule has 1 aliphatic rings. The second-order valence-corrected chi connectivity index (χ2v) is 7.72. The molecule has 1 fully saturated rings. The second-order valence-electron chi connectivity index (χ2n) is 5.80. The van der Waals surface area contributed by atoms with Crippen LogP contribution in [0.1, 0.15) is 32.6 Å². The van der Waals surface area contributed by atoms with Gasteiger partial charge in [-0.2, -0.15) is 4.98 Å². The minimum atomic E-state index is -0.426. The highest BCUT2D eigenvalue weighted by atomic mass is 32.2. The molecule has 2 aromatic heterocycles. The first kappa shape index (κ1) is 17.2. The number of aromatic nitrogens is 3. The van der Waals surface area contributed by atoms with Crippen molar-refractivity contribution in [1.29, 1.82) is 0 Å². The molecule has 3 heterocycles. The number of anilines is 1. The molecule has 0 radical (unpaired) electrons. The van der Waals surface area contributed by atoms with Crippen LogP contribution in [0.5, 0.6) is 0 Å². The van der Waals surface area contributed by atoms with Crippen LogP contribution in [0.2, 0.25) is 0 Å². The van der Waals surface area contributed by atoms with Gasteiger partial charge in [0.1, 0.15) is 4.70 Å². The Hall–Kier alpha value is -1.61. The number of fused-ring (bicyclic) bond motifs is 1. The average Bonchev–Trinajstić information content (AvgIpc) is 3.01. The van der Waals surface area contributed by atoms with Gasteiger partial charge in [0, 0.05) is 19.6 Å². The second kappa shape index (κ2) is 7.52. The van der Waals surface area contributed by atoms with E-state index in [1.165, 1.54) is 29.5 Å². The molecule has 0 saturated carbocycles. The number of nitrogens with zero attached hydrogens (tertiary/aromatic N) is 4. The summed E-state index contributed by atoms with van der Waals surface area (Å²) in [7, 11) is 0. The first-order valence-corrected chi connectivity index (χ1v) is 9.97. The van der Waals surface area contributed by atoms with Gasteiger partial charge in [-0.3, -0.25) is 14.2 Å². The van der Waals surface area contributed by atoms with Gasteiger partial charge < -0.3 is 10.6 Å². The third-order valence-electron chi connectivity index (χ3n) is 3.89. The predicted octanol–water partition coefficient (Wildman–Crippen LogP) is 1.83. The predicted molar refractivity (Wildman–Crippen MR) is 97.9 cm³/mol. The molecule has 0 spiro atoms. The van der Waals surface area contributed by atoms with Crippen LogP contribution in [0.3, 0.4) is 0 Å². The topological polar surface area (TPSA) is 94.1 Å². The maximum Gasteiger partial charge on any atom is 0.273 e. The third kappa shape index (κ3) is 3.56. The van der Waals surface area contributed by atoms with Crippen LogP contribution in [0.4, 0.5) is 5.13 Å². The van der Waals surface area contributed by atoms with E-state index in [0.29, 0.717) is 22.0 Å². The van der Waals surface area contributed by atoms with Crippen molar-refractivity contribution in [2.24, 2.45) is 5.73 Å². The van der Waals surface area contributed by atoms with Crippen LogP contribution in [-0.2, 0) is 11.3 Å². The molecular formula is C15H21N5O2S2. The van der Waals surface area contributed by atoms with E-state index in [9.17, 15) is 9.59 Å². The minimum absolute atomic E-state index is 0.0745. The summed E-state index contributed by atoms with van der Waals surface area (Å²) in [5.74, 6) is -0.324. The molecule has 1 amide bonds. The van der Waals surface area contributed by atoms with Crippen LogP contribution in [-0.4, -0.2) is 39.3 Å². The van der Waals surface area contributed by atoms with E-state index in [4.69, 9.17) is 5.73 Å². The van der Waals surface area contributed by atoms with Crippen molar-refractivity contribution >= 4 is 44.5 Å². The smallest absolute Gasteiger partial charge is 0.273 e. The lowest BCUT2D eigenvalue weighted by Gasteiger charge is -2.25. The van der Waals surface area contributed by atoms with Crippen LogP contribution in [0, 0.1) is 0 Å². The number of nitrogens with two attached hydrogens (primary N) is 1. The van der Waals surface area contributed by atoms with E-state index < -0.39 is 5.91 Å². The van der Waals surface area contributed by atoms with Gasteiger partial charge >= 0.3 is 0 Å². The van der Waals surface area contributed by atoms with Gasteiger partial charge in [0.05, 0.1) is 5.75 Å². The van der Waals surface area contributed by atoms with Crippen molar-refractivity contribution < 1.29 is 4.79 Å². The van der Waals surface area contributed by atoms with Crippen LogP contribution >= 0.6 is 23.1 Å². The van der Waals surface area contributed by atoms with E-state index >= 15 is 0 Å². The summed E-state index contributed by atoms with van der Waals surface area (Å²) >= 11 is 2.62. The first-order chi connectivity index (χ1) is 11.6. The lowest BCUT2D eigenvalue weighted by molar-refractivity contribution is -0.115. The Bertz CT molecular complexity index is 795. The number of piperidine rings is 1. The van der Waals surface area contributed by atoms with Crippen molar-refractivity contribution in [2.45, 2.75) is 44.3 Å². The number of carbonyl (C=O) groups is 1. The van der Waals surface area contributed by atoms with Crippen molar-refractivity contribution in [1.82, 2.24) is 14.5 Å². The maximum atomic E-state index is 12.8. The summed E-state index contributed by atoms with van der Waals surface area (Å²) in [6.45, 7) is 4.53. The lowest BCUT2D eigenvalue weighted by Crippen LogP contribution is -2.29. The Balaban J connectivity index is 2.02. The SMILES string of the molecule is CCCn1c(SCC(N)=O)nc2nc(N3CCCCC3)sc2c1=O. The Morgan fingerprint density at radius 1 is 1.29 bits per heavy atom. The fourth-order valence-electron chi connectivity index (χ4n) is 2.76. The molecule has 0 aliphatic carbocycles. The molecule has 1 saturated heterocycles. The van der Waals surface area contributed by atoms with E-state index in [0.717, 1.165) is 37.5 Å². The normalized spacial score (nSPS) is 15.1. The molecular weight excluding hydrogens is 346 g/mol. The molecule has 130 valence electrons. The molecule has 3 rings (SSSR count). The summed E-state index contributed by atoms with van der Waals surface area (Å²) in [6, 6.07) is 0. The Morgan fingerprint density at radius 2 is 2.04 bits per heavy atom. The number of rotatable bonds is 6. The van der Waals surface area contributed by atoms with Gasteiger partial charge in [0.2, 0.25) is 5.91 Å². The van der Waals surface area contributed by atoms with E-state index in [2.05, 4.69) is 14.9 Å². The van der Waals surface area contributed by atoms with Crippen molar-refractivity contribution in [3.8, 4) is 0 Å². The molecule has 9 heteroatoms. The van der Waals surface area contributed by atoms with Gasteiger partial charge in [-0.1, -0.05) is 30.0 Å². The van der Waals surface area contributed by atoms with E-state index in [-0.39, 0.29) is 11.3 Å². The van der Waals surface area contributed by atoms with E-state index in [1.54, 1.807) is 4.57 Å². The fourth-order valence-corrected chi connectivity index (χ4v) is 4.52. The van der Waals surface area contributed by atoms with Crippen LogP contribution < -0.4 is 16.2 Å². The molecule has 2 N–H and O–H groups in total. The first-order valence-electron chi connectivity index (χ1n) is 8.17.